The molecule has 0 aliphatic carbocycles. The summed E-state index contributed by atoms with van der Waals surface area (Å²) in [6.45, 7) is 1.88. The van der Waals surface area contributed by atoms with Gasteiger partial charge in [-0.05, 0) is 47.7 Å². The molecule has 0 aliphatic heterocycles. The zero-order chi connectivity index (χ0) is 15.0. The molecule has 0 amide bonds. The molecular weight excluding hydrogens is 327 g/mol. The maximum absolute atomic E-state index is 12.0. The highest BCUT2D eigenvalue weighted by Crippen LogP contribution is 2.25. The van der Waals surface area contributed by atoms with Gasteiger partial charge in [-0.15, -0.1) is 11.3 Å². The average molecular weight is 337 g/mol. The highest BCUT2D eigenvalue weighted by atomic mass is 35.5. The first-order chi connectivity index (χ1) is 10.0. The maximum atomic E-state index is 12.0. The number of fused-ring (bicyclic) bond motifs is 1. The van der Waals surface area contributed by atoms with Crippen LogP contribution in [0.25, 0.3) is 21.9 Å². The van der Waals surface area contributed by atoms with Gasteiger partial charge in [0.2, 0.25) is 0 Å². The number of thiophene rings is 1. The standard InChI is InChI=1S/C15H10Cl2N2OS/c1-8(6-9-2-3-10(16)7-12(9)17)13-18-14(20)11-4-5-21-15(11)19-13/h2-7H,1H3,(H,18,19,20)/b8-6-. The van der Waals surface area contributed by atoms with Crippen LogP contribution in [0.3, 0.4) is 0 Å². The maximum Gasteiger partial charge on any atom is 0.259 e. The first kappa shape index (κ1) is 14.3. The molecule has 0 saturated heterocycles. The molecule has 6 heteroatoms. The third kappa shape index (κ3) is 2.88. The first-order valence-corrected chi connectivity index (χ1v) is 7.79. The Morgan fingerprint density at radius 2 is 2.14 bits per heavy atom. The quantitative estimate of drug-likeness (QED) is 0.726. The second kappa shape index (κ2) is 5.64. The lowest BCUT2D eigenvalue weighted by Crippen LogP contribution is -2.09. The summed E-state index contributed by atoms with van der Waals surface area (Å²) in [5, 5.41) is 3.61. The second-order valence-electron chi connectivity index (χ2n) is 4.55. The van der Waals surface area contributed by atoms with E-state index in [1.165, 1.54) is 11.3 Å². The van der Waals surface area contributed by atoms with Crippen LogP contribution in [-0.2, 0) is 0 Å². The normalized spacial score (nSPS) is 12.0. The van der Waals surface area contributed by atoms with Gasteiger partial charge in [-0.3, -0.25) is 4.79 Å². The number of hydrogen-bond donors (Lipinski definition) is 1. The summed E-state index contributed by atoms with van der Waals surface area (Å²) in [5.41, 5.74) is 1.52. The summed E-state index contributed by atoms with van der Waals surface area (Å²) < 4.78 is 0. The van der Waals surface area contributed by atoms with Crippen molar-refractivity contribution < 1.29 is 0 Å². The first-order valence-electron chi connectivity index (χ1n) is 6.16. The van der Waals surface area contributed by atoms with Crippen LogP contribution in [0.2, 0.25) is 10.0 Å². The molecule has 1 N–H and O–H groups in total. The van der Waals surface area contributed by atoms with Crippen molar-refractivity contribution in [1.29, 1.82) is 0 Å². The summed E-state index contributed by atoms with van der Waals surface area (Å²) >= 11 is 13.5. The predicted molar refractivity (Wildman–Crippen MR) is 90.2 cm³/mol. The molecule has 2 heterocycles. The molecule has 21 heavy (non-hydrogen) atoms. The van der Waals surface area contributed by atoms with Gasteiger partial charge in [-0.2, -0.15) is 0 Å². The van der Waals surface area contributed by atoms with Crippen LogP contribution < -0.4 is 5.56 Å². The Kier molecular flexibility index (Phi) is 3.85. The number of hydrogen-bond acceptors (Lipinski definition) is 3. The molecule has 0 fully saturated rings. The molecule has 0 aliphatic rings. The van der Waals surface area contributed by atoms with Gasteiger partial charge in [0.1, 0.15) is 10.7 Å². The minimum Gasteiger partial charge on any atom is -0.306 e. The Balaban J connectivity index is 2.08. The fourth-order valence-electron chi connectivity index (χ4n) is 1.97. The molecule has 3 aromatic rings. The third-order valence-electron chi connectivity index (χ3n) is 3.04. The van der Waals surface area contributed by atoms with Crippen molar-refractivity contribution in [3.8, 4) is 0 Å². The van der Waals surface area contributed by atoms with Gasteiger partial charge in [0.15, 0.2) is 0 Å². The molecule has 1 aromatic carbocycles. The van der Waals surface area contributed by atoms with E-state index in [9.17, 15) is 4.79 Å². The number of nitrogens with zero attached hydrogens (tertiary/aromatic N) is 1. The van der Waals surface area contributed by atoms with E-state index >= 15 is 0 Å². The number of rotatable bonds is 2. The number of benzene rings is 1. The highest BCUT2D eigenvalue weighted by Gasteiger charge is 2.07. The van der Waals surface area contributed by atoms with Gasteiger partial charge in [-0.1, -0.05) is 29.3 Å². The van der Waals surface area contributed by atoms with E-state index in [4.69, 9.17) is 23.2 Å². The lowest BCUT2D eigenvalue weighted by atomic mass is 10.1. The average Bonchev–Trinajstić information content (AvgIpc) is 2.90. The van der Waals surface area contributed by atoms with Crippen LogP contribution in [-0.4, -0.2) is 9.97 Å². The number of halogens is 2. The third-order valence-corrected chi connectivity index (χ3v) is 4.41. The Hall–Kier alpha value is -1.62. The Morgan fingerprint density at radius 3 is 2.90 bits per heavy atom. The molecule has 0 spiro atoms. The number of H-pyrrole nitrogens is 1. The van der Waals surface area contributed by atoms with Crippen LogP contribution in [0.1, 0.15) is 18.3 Å². The molecule has 106 valence electrons. The smallest absolute Gasteiger partial charge is 0.259 e. The van der Waals surface area contributed by atoms with Crippen molar-refractivity contribution in [3.05, 3.63) is 61.4 Å². The number of aromatic amines is 1. The zero-order valence-corrected chi connectivity index (χ0v) is 13.3. The molecule has 0 unspecified atom stereocenters. The number of aromatic nitrogens is 2. The Morgan fingerprint density at radius 1 is 1.33 bits per heavy atom. The van der Waals surface area contributed by atoms with Crippen molar-refractivity contribution in [1.82, 2.24) is 9.97 Å². The Bertz CT molecular complexity index is 911. The van der Waals surface area contributed by atoms with Gasteiger partial charge in [0.25, 0.3) is 5.56 Å². The lowest BCUT2D eigenvalue weighted by molar-refractivity contribution is 1.13. The van der Waals surface area contributed by atoms with Crippen molar-refractivity contribution >= 4 is 56.4 Å². The molecular formula is C15H10Cl2N2OS. The number of allylic oxidation sites excluding steroid dienone is 1. The van der Waals surface area contributed by atoms with Crippen LogP contribution >= 0.6 is 34.5 Å². The van der Waals surface area contributed by atoms with Crippen molar-refractivity contribution in [2.24, 2.45) is 0 Å². The van der Waals surface area contributed by atoms with Gasteiger partial charge in [0, 0.05) is 10.0 Å². The fraction of sp³-hybridized carbons (Fsp3) is 0.0667. The largest absolute Gasteiger partial charge is 0.306 e. The second-order valence-corrected chi connectivity index (χ2v) is 6.29. The summed E-state index contributed by atoms with van der Waals surface area (Å²) in [6, 6.07) is 7.05. The Labute approximate surface area is 134 Å². The molecule has 2 aromatic heterocycles. The van der Waals surface area contributed by atoms with E-state index in [2.05, 4.69) is 9.97 Å². The van der Waals surface area contributed by atoms with Gasteiger partial charge >= 0.3 is 0 Å². The molecule has 0 radical (unpaired) electrons. The van der Waals surface area contributed by atoms with Crippen LogP contribution in [0, 0.1) is 0 Å². The fourth-order valence-corrected chi connectivity index (χ4v) is 3.20. The summed E-state index contributed by atoms with van der Waals surface area (Å²) in [6.07, 6.45) is 1.87. The van der Waals surface area contributed by atoms with E-state index in [0.29, 0.717) is 21.3 Å². The van der Waals surface area contributed by atoms with Crippen LogP contribution in [0.15, 0.2) is 34.4 Å². The van der Waals surface area contributed by atoms with Crippen LogP contribution in [0.5, 0.6) is 0 Å². The van der Waals surface area contributed by atoms with Crippen molar-refractivity contribution in [2.45, 2.75) is 6.92 Å². The number of nitrogens with one attached hydrogen (secondary N) is 1. The lowest BCUT2D eigenvalue weighted by Gasteiger charge is -2.03. The van der Waals surface area contributed by atoms with Gasteiger partial charge in [-0.25, -0.2) is 4.98 Å². The molecule has 0 bridgehead atoms. The van der Waals surface area contributed by atoms with E-state index < -0.39 is 0 Å². The SMILES string of the molecule is C/C(=C/c1ccc(Cl)cc1Cl)c1nc2sccc2c(=O)[nH]1. The minimum absolute atomic E-state index is 0.133. The van der Waals surface area contributed by atoms with E-state index in [-0.39, 0.29) is 5.56 Å². The van der Waals surface area contributed by atoms with E-state index in [1.807, 2.05) is 24.4 Å². The van der Waals surface area contributed by atoms with E-state index in [0.717, 1.165) is 16.0 Å². The summed E-state index contributed by atoms with van der Waals surface area (Å²) in [4.78, 5) is 19.9. The monoisotopic (exact) mass is 336 g/mol. The van der Waals surface area contributed by atoms with Crippen molar-refractivity contribution in [3.63, 3.8) is 0 Å². The summed E-state index contributed by atoms with van der Waals surface area (Å²) in [7, 11) is 0. The van der Waals surface area contributed by atoms with Crippen LogP contribution in [0.4, 0.5) is 0 Å². The molecule has 0 atom stereocenters. The zero-order valence-electron chi connectivity index (χ0n) is 11.0. The van der Waals surface area contributed by atoms with Gasteiger partial charge < -0.3 is 4.98 Å². The van der Waals surface area contributed by atoms with E-state index in [1.54, 1.807) is 18.2 Å². The highest BCUT2D eigenvalue weighted by molar-refractivity contribution is 7.16. The molecule has 3 nitrogen and oxygen atoms in total. The topological polar surface area (TPSA) is 45.8 Å². The van der Waals surface area contributed by atoms with Gasteiger partial charge in [0.05, 0.1) is 5.39 Å². The molecule has 0 saturated carbocycles. The van der Waals surface area contributed by atoms with Crippen molar-refractivity contribution in [2.75, 3.05) is 0 Å². The minimum atomic E-state index is -0.133. The molecule has 3 rings (SSSR count). The predicted octanol–water partition coefficient (Wildman–Crippen LogP) is 4.85. The summed E-state index contributed by atoms with van der Waals surface area (Å²) in [5.74, 6) is 0.543.